The van der Waals surface area contributed by atoms with Crippen molar-refractivity contribution in [3.63, 3.8) is 0 Å². The first-order valence-electron chi connectivity index (χ1n) is 5.08. The number of aromatic nitrogens is 1. The van der Waals surface area contributed by atoms with Crippen molar-refractivity contribution in [3.05, 3.63) is 48.6 Å². The predicted molar refractivity (Wildman–Crippen MR) is 82.4 cm³/mol. The van der Waals surface area contributed by atoms with Gasteiger partial charge in [-0.05, 0) is 40.8 Å². The van der Waals surface area contributed by atoms with E-state index in [2.05, 4.69) is 4.98 Å². The molecule has 0 aliphatic heterocycles. The summed E-state index contributed by atoms with van der Waals surface area (Å²) in [4.78, 5) is 3.83. The fourth-order valence-corrected chi connectivity index (χ4v) is 2.90. The minimum absolute atomic E-state index is 0.253. The summed E-state index contributed by atoms with van der Waals surface area (Å²) in [5.74, 6) is 0. The molecule has 1 nitrogen and oxygen atoms in total. The van der Waals surface area contributed by atoms with Crippen LogP contribution in [-0.2, 0) is 6.18 Å². The lowest BCUT2D eigenvalue weighted by Gasteiger charge is -2.11. The molecule has 106 valence electrons. The largest absolute Gasteiger partial charge is 0.417 e. The Morgan fingerprint density at radius 1 is 0.950 bits per heavy atom. The number of pyridine rings is 1. The lowest BCUT2D eigenvalue weighted by atomic mass is 10.1. The number of nitrogens with zero attached hydrogens (tertiary/aromatic N) is 1. The van der Waals surface area contributed by atoms with Crippen molar-refractivity contribution < 1.29 is 13.2 Å². The van der Waals surface area contributed by atoms with E-state index in [9.17, 15) is 13.2 Å². The molecule has 0 radical (unpaired) electrons. The molecule has 0 unspecified atom stereocenters. The van der Waals surface area contributed by atoms with Gasteiger partial charge in [-0.2, -0.15) is 13.2 Å². The number of hydrogen-bond donors (Lipinski definition) is 0. The van der Waals surface area contributed by atoms with Crippen LogP contribution in [0.25, 0.3) is 11.3 Å². The van der Waals surface area contributed by atoms with E-state index in [4.69, 9.17) is 34.8 Å². The Hall–Kier alpha value is -0.240. The van der Waals surface area contributed by atoms with Crippen molar-refractivity contribution in [2.45, 2.75) is 6.18 Å². The summed E-state index contributed by atoms with van der Waals surface area (Å²) in [6.45, 7) is 0. The third-order valence-electron chi connectivity index (χ3n) is 2.43. The van der Waals surface area contributed by atoms with Gasteiger partial charge in [0, 0.05) is 15.3 Å². The molecule has 0 bridgehead atoms. The smallest absolute Gasteiger partial charge is 0.254 e. The van der Waals surface area contributed by atoms with Gasteiger partial charge >= 0.3 is 6.18 Å². The van der Waals surface area contributed by atoms with Gasteiger partial charge in [-0.25, -0.2) is 0 Å². The summed E-state index contributed by atoms with van der Waals surface area (Å²) in [5, 5.41) is 0.787. The van der Waals surface area contributed by atoms with Crippen molar-refractivity contribution in [1.29, 1.82) is 0 Å². The highest BCUT2D eigenvalue weighted by molar-refractivity contribution is 14.1. The average molecular weight is 452 g/mol. The van der Waals surface area contributed by atoms with Gasteiger partial charge in [-0.3, -0.25) is 4.98 Å². The molecule has 0 saturated carbocycles. The lowest BCUT2D eigenvalue weighted by Crippen LogP contribution is -2.06. The second-order valence-electron chi connectivity index (χ2n) is 3.80. The van der Waals surface area contributed by atoms with Gasteiger partial charge in [0.15, 0.2) is 0 Å². The lowest BCUT2D eigenvalue weighted by molar-refractivity contribution is -0.137. The molecular weight excluding hydrogens is 448 g/mol. The molecule has 8 heteroatoms. The van der Waals surface area contributed by atoms with Gasteiger partial charge in [0.2, 0.25) is 0 Å². The van der Waals surface area contributed by atoms with Crippen molar-refractivity contribution in [1.82, 2.24) is 4.98 Å². The summed E-state index contributed by atoms with van der Waals surface area (Å²) in [6, 6.07) is 3.90. The molecule has 0 amide bonds. The van der Waals surface area contributed by atoms with Crippen LogP contribution in [0.1, 0.15) is 5.56 Å². The second kappa shape index (κ2) is 5.87. The highest BCUT2D eigenvalue weighted by Crippen LogP contribution is 2.38. The molecule has 1 heterocycles. The van der Waals surface area contributed by atoms with Crippen LogP contribution in [0.3, 0.4) is 0 Å². The molecule has 1 aromatic carbocycles. The maximum absolute atomic E-state index is 12.6. The minimum atomic E-state index is -4.44. The number of hydrogen-bond acceptors (Lipinski definition) is 1. The molecule has 20 heavy (non-hydrogen) atoms. The standard InChI is InChI=1S/C12H4Cl3F3IN/c13-7-3-9(15)8(14)2-6(7)11-10(19)1-5(4-20-11)12(16,17)18/h1-4H. The van der Waals surface area contributed by atoms with Crippen LogP contribution >= 0.6 is 57.4 Å². The third-order valence-corrected chi connectivity index (χ3v) is 4.29. The normalized spacial score (nSPS) is 11.8. The fourth-order valence-electron chi connectivity index (χ4n) is 1.50. The number of rotatable bonds is 1. The summed E-state index contributed by atoms with van der Waals surface area (Å²) in [5.41, 5.74) is -0.0665. The minimum Gasteiger partial charge on any atom is -0.254 e. The quantitative estimate of drug-likeness (QED) is 0.364. The third kappa shape index (κ3) is 3.32. The van der Waals surface area contributed by atoms with Crippen LogP contribution in [0.2, 0.25) is 15.1 Å². The van der Waals surface area contributed by atoms with Crippen molar-refractivity contribution in [2.75, 3.05) is 0 Å². The summed E-state index contributed by atoms with van der Waals surface area (Å²) in [7, 11) is 0. The molecule has 0 saturated heterocycles. The monoisotopic (exact) mass is 451 g/mol. The van der Waals surface area contributed by atoms with Crippen LogP contribution in [0, 0.1) is 3.57 Å². The molecule has 2 aromatic rings. The summed E-state index contributed by atoms with van der Waals surface area (Å²) < 4.78 is 38.1. The van der Waals surface area contributed by atoms with Crippen LogP contribution in [0.5, 0.6) is 0 Å². The van der Waals surface area contributed by atoms with E-state index in [0.29, 0.717) is 14.8 Å². The molecule has 0 N–H and O–H groups in total. The Morgan fingerprint density at radius 3 is 2.10 bits per heavy atom. The molecule has 0 atom stereocenters. The highest BCUT2D eigenvalue weighted by atomic mass is 127. The Morgan fingerprint density at radius 2 is 1.55 bits per heavy atom. The van der Waals surface area contributed by atoms with Gasteiger partial charge in [0.05, 0.1) is 26.3 Å². The zero-order valence-corrected chi connectivity index (χ0v) is 13.8. The second-order valence-corrected chi connectivity index (χ2v) is 6.18. The Kier molecular flexibility index (Phi) is 4.73. The van der Waals surface area contributed by atoms with Gasteiger partial charge in [-0.1, -0.05) is 34.8 Å². The van der Waals surface area contributed by atoms with Crippen LogP contribution < -0.4 is 0 Å². The number of alkyl halides is 3. The fraction of sp³-hybridized carbons (Fsp3) is 0.0833. The van der Waals surface area contributed by atoms with E-state index in [0.717, 1.165) is 12.3 Å². The van der Waals surface area contributed by atoms with E-state index in [1.165, 1.54) is 12.1 Å². The Labute approximate surface area is 141 Å². The van der Waals surface area contributed by atoms with Crippen LogP contribution in [0.15, 0.2) is 24.4 Å². The first kappa shape index (κ1) is 16.1. The average Bonchev–Trinajstić information content (AvgIpc) is 2.33. The Balaban J connectivity index is 2.57. The predicted octanol–water partition coefficient (Wildman–Crippen LogP) is 6.33. The van der Waals surface area contributed by atoms with E-state index >= 15 is 0 Å². The first-order valence-corrected chi connectivity index (χ1v) is 7.29. The maximum Gasteiger partial charge on any atom is 0.417 e. The molecule has 0 aliphatic rings. The zero-order valence-electron chi connectivity index (χ0n) is 9.40. The van der Waals surface area contributed by atoms with E-state index in [-0.39, 0.29) is 15.1 Å². The van der Waals surface area contributed by atoms with Crippen molar-refractivity contribution >= 4 is 57.4 Å². The van der Waals surface area contributed by atoms with Gasteiger partial charge < -0.3 is 0 Å². The van der Waals surface area contributed by atoms with Crippen molar-refractivity contribution in [2.24, 2.45) is 0 Å². The number of benzene rings is 1. The van der Waals surface area contributed by atoms with Gasteiger partial charge in [-0.15, -0.1) is 0 Å². The molecular formula is C12H4Cl3F3IN. The maximum atomic E-state index is 12.6. The van der Waals surface area contributed by atoms with Crippen molar-refractivity contribution in [3.8, 4) is 11.3 Å². The van der Waals surface area contributed by atoms with Crippen LogP contribution in [-0.4, -0.2) is 4.98 Å². The number of halogens is 7. The summed E-state index contributed by atoms with van der Waals surface area (Å²) >= 11 is 19.5. The molecule has 1 aromatic heterocycles. The van der Waals surface area contributed by atoms with E-state index in [1.54, 1.807) is 22.6 Å². The Bertz CT molecular complexity index is 674. The molecule has 0 aliphatic carbocycles. The molecule has 0 fully saturated rings. The van der Waals surface area contributed by atoms with Crippen LogP contribution in [0.4, 0.5) is 13.2 Å². The van der Waals surface area contributed by atoms with Gasteiger partial charge in [0.1, 0.15) is 0 Å². The SMILES string of the molecule is FC(F)(F)c1cnc(-c2cc(Cl)c(Cl)cc2Cl)c(I)c1. The first-order chi connectivity index (χ1) is 9.20. The topological polar surface area (TPSA) is 12.9 Å². The molecule has 0 spiro atoms. The highest BCUT2D eigenvalue weighted by Gasteiger charge is 2.31. The molecule has 2 rings (SSSR count). The van der Waals surface area contributed by atoms with E-state index in [1.807, 2.05) is 0 Å². The van der Waals surface area contributed by atoms with E-state index < -0.39 is 11.7 Å². The summed E-state index contributed by atoms with van der Waals surface area (Å²) in [6.07, 6.45) is -3.68. The zero-order chi connectivity index (χ0) is 15.1. The van der Waals surface area contributed by atoms with Gasteiger partial charge in [0.25, 0.3) is 0 Å².